The van der Waals surface area contributed by atoms with Crippen LogP contribution in [0.5, 0.6) is 0 Å². The molecular weight excluding hydrogens is 250 g/mol. The second-order valence-electron chi connectivity index (χ2n) is 5.81. The van der Waals surface area contributed by atoms with E-state index < -0.39 is 0 Å². The van der Waals surface area contributed by atoms with E-state index in [-0.39, 0.29) is 11.4 Å². The van der Waals surface area contributed by atoms with Gasteiger partial charge >= 0.3 is 0 Å². The van der Waals surface area contributed by atoms with Crippen molar-refractivity contribution in [3.8, 4) is 0 Å². The Kier molecular flexibility index (Phi) is 3.93. The lowest BCUT2D eigenvalue weighted by Gasteiger charge is -2.20. The number of aromatic nitrogens is 1. The fourth-order valence-corrected chi connectivity index (χ4v) is 2.02. The number of amides is 1. The third-order valence-electron chi connectivity index (χ3n) is 2.81. The molecule has 0 aliphatic carbocycles. The third kappa shape index (κ3) is 3.26. The number of nitrogens with zero attached hydrogens (tertiary/aromatic N) is 1. The number of fused-ring (bicyclic) bond motifs is 1. The molecule has 2 rings (SSSR count). The third-order valence-corrected chi connectivity index (χ3v) is 2.81. The van der Waals surface area contributed by atoms with Crippen LogP contribution in [0.3, 0.4) is 0 Å². The smallest absolute Gasteiger partial charge is 0.270 e. The molecule has 1 aromatic heterocycles. The van der Waals surface area contributed by atoms with Crippen molar-refractivity contribution in [3.05, 3.63) is 36.0 Å². The first-order valence-corrected chi connectivity index (χ1v) is 6.87. The van der Waals surface area contributed by atoms with Crippen LogP contribution in [0.25, 0.3) is 10.8 Å². The lowest BCUT2D eigenvalue weighted by Crippen LogP contribution is -2.41. The molecule has 0 saturated heterocycles. The molecule has 1 aromatic carbocycles. The summed E-state index contributed by atoms with van der Waals surface area (Å²) in [5, 5.41) is 8.20. The van der Waals surface area contributed by atoms with E-state index in [1.54, 1.807) is 0 Å². The molecule has 0 unspecified atom stereocenters. The molecule has 0 fully saturated rings. The predicted molar refractivity (Wildman–Crippen MR) is 83.1 cm³/mol. The van der Waals surface area contributed by atoms with Crippen LogP contribution in [0.4, 0.5) is 5.82 Å². The van der Waals surface area contributed by atoms with Gasteiger partial charge in [-0.1, -0.05) is 24.3 Å². The van der Waals surface area contributed by atoms with Crippen molar-refractivity contribution >= 4 is 22.5 Å². The quantitative estimate of drug-likeness (QED) is 0.901. The van der Waals surface area contributed by atoms with Gasteiger partial charge in [0.1, 0.15) is 11.5 Å². The Balaban J connectivity index is 2.47. The van der Waals surface area contributed by atoms with Gasteiger partial charge in [-0.25, -0.2) is 4.98 Å². The summed E-state index contributed by atoms with van der Waals surface area (Å²) >= 11 is 0. The van der Waals surface area contributed by atoms with Crippen molar-refractivity contribution in [2.45, 2.75) is 33.2 Å². The number of anilines is 1. The molecule has 0 radical (unpaired) electrons. The molecule has 0 bridgehead atoms. The zero-order chi connectivity index (χ0) is 14.8. The Hall–Kier alpha value is -2.10. The van der Waals surface area contributed by atoms with Crippen molar-refractivity contribution in [1.82, 2.24) is 10.3 Å². The second kappa shape index (κ2) is 5.49. The lowest BCUT2D eigenvalue weighted by molar-refractivity contribution is 0.0914. The minimum Gasteiger partial charge on any atom is -0.370 e. The topological polar surface area (TPSA) is 54.0 Å². The highest BCUT2D eigenvalue weighted by molar-refractivity contribution is 6.00. The summed E-state index contributed by atoms with van der Waals surface area (Å²) in [6.07, 6.45) is 0. The molecular formula is C16H21N3O. The molecule has 106 valence electrons. The number of benzene rings is 1. The van der Waals surface area contributed by atoms with Gasteiger partial charge in [0.2, 0.25) is 0 Å². The zero-order valence-corrected chi connectivity index (χ0v) is 12.4. The van der Waals surface area contributed by atoms with Crippen LogP contribution >= 0.6 is 0 Å². The fourth-order valence-electron chi connectivity index (χ4n) is 2.02. The number of nitrogens with one attached hydrogen (secondary N) is 2. The summed E-state index contributed by atoms with van der Waals surface area (Å²) in [7, 11) is 0. The number of carbonyl (C=O) groups is 1. The normalized spacial score (nSPS) is 11.4. The number of hydrogen-bond acceptors (Lipinski definition) is 3. The Morgan fingerprint density at radius 3 is 2.60 bits per heavy atom. The zero-order valence-electron chi connectivity index (χ0n) is 12.4. The lowest BCUT2D eigenvalue weighted by atomic mass is 10.1. The molecule has 20 heavy (non-hydrogen) atoms. The fraction of sp³-hybridized carbons (Fsp3) is 0.375. The van der Waals surface area contributed by atoms with E-state index in [2.05, 4.69) is 15.6 Å². The molecule has 0 aliphatic heterocycles. The number of pyridine rings is 1. The van der Waals surface area contributed by atoms with Gasteiger partial charge in [-0.3, -0.25) is 4.79 Å². The summed E-state index contributed by atoms with van der Waals surface area (Å²) in [4.78, 5) is 16.7. The molecule has 2 aromatic rings. The van der Waals surface area contributed by atoms with Crippen LogP contribution in [0.15, 0.2) is 30.3 Å². The van der Waals surface area contributed by atoms with Gasteiger partial charge in [0.25, 0.3) is 5.91 Å². The molecule has 0 aliphatic rings. The van der Waals surface area contributed by atoms with Gasteiger partial charge in [-0.05, 0) is 39.1 Å². The van der Waals surface area contributed by atoms with E-state index in [4.69, 9.17) is 0 Å². The molecule has 0 atom stereocenters. The first-order valence-electron chi connectivity index (χ1n) is 6.87. The highest BCUT2D eigenvalue weighted by Gasteiger charge is 2.17. The molecule has 1 heterocycles. The van der Waals surface area contributed by atoms with Gasteiger partial charge in [0.15, 0.2) is 0 Å². The van der Waals surface area contributed by atoms with Crippen molar-refractivity contribution in [1.29, 1.82) is 0 Å². The summed E-state index contributed by atoms with van der Waals surface area (Å²) < 4.78 is 0. The van der Waals surface area contributed by atoms with E-state index in [1.165, 1.54) is 0 Å². The van der Waals surface area contributed by atoms with Crippen LogP contribution in [-0.2, 0) is 0 Å². The standard InChI is InChI=1S/C16H21N3O/c1-5-17-14-12-9-7-6-8-11(12)10-13(18-14)15(20)19-16(2,3)4/h6-10H,5H2,1-4H3,(H,17,18)(H,19,20). The Labute approximate surface area is 119 Å². The van der Waals surface area contributed by atoms with Crippen molar-refractivity contribution < 1.29 is 4.79 Å². The first kappa shape index (κ1) is 14.3. The SMILES string of the molecule is CCNc1nc(C(=O)NC(C)(C)C)cc2ccccc12. The number of carbonyl (C=O) groups excluding carboxylic acids is 1. The van der Waals surface area contributed by atoms with Crippen molar-refractivity contribution in [2.24, 2.45) is 0 Å². The predicted octanol–water partition coefficient (Wildman–Crippen LogP) is 3.19. The van der Waals surface area contributed by atoms with E-state index >= 15 is 0 Å². The van der Waals surface area contributed by atoms with Crippen LogP contribution in [0, 0.1) is 0 Å². The van der Waals surface area contributed by atoms with Crippen LogP contribution < -0.4 is 10.6 Å². The summed E-state index contributed by atoms with van der Waals surface area (Å²) in [5.41, 5.74) is 0.164. The Morgan fingerprint density at radius 2 is 1.95 bits per heavy atom. The van der Waals surface area contributed by atoms with E-state index in [1.807, 2.05) is 58.0 Å². The molecule has 4 heteroatoms. The minimum absolute atomic E-state index is 0.151. The van der Waals surface area contributed by atoms with Gasteiger partial charge in [-0.15, -0.1) is 0 Å². The Bertz CT molecular complexity index is 629. The molecule has 4 nitrogen and oxygen atoms in total. The summed E-state index contributed by atoms with van der Waals surface area (Å²) in [6.45, 7) is 8.64. The highest BCUT2D eigenvalue weighted by atomic mass is 16.2. The van der Waals surface area contributed by atoms with Crippen molar-refractivity contribution in [3.63, 3.8) is 0 Å². The van der Waals surface area contributed by atoms with Gasteiger partial charge in [0.05, 0.1) is 0 Å². The maximum Gasteiger partial charge on any atom is 0.270 e. The van der Waals surface area contributed by atoms with E-state index in [9.17, 15) is 4.79 Å². The molecule has 2 N–H and O–H groups in total. The maximum atomic E-state index is 12.3. The summed E-state index contributed by atoms with van der Waals surface area (Å²) in [6, 6.07) is 9.76. The number of rotatable bonds is 3. The van der Waals surface area contributed by atoms with Gasteiger partial charge < -0.3 is 10.6 Å². The van der Waals surface area contributed by atoms with Crippen LogP contribution in [0.2, 0.25) is 0 Å². The number of hydrogen-bond donors (Lipinski definition) is 2. The largest absolute Gasteiger partial charge is 0.370 e. The van der Waals surface area contributed by atoms with E-state index in [0.29, 0.717) is 5.69 Å². The monoisotopic (exact) mass is 271 g/mol. The van der Waals surface area contributed by atoms with Gasteiger partial charge in [0, 0.05) is 17.5 Å². The average Bonchev–Trinajstić information content (AvgIpc) is 2.37. The Morgan fingerprint density at radius 1 is 1.25 bits per heavy atom. The van der Waals surface area contributed by atoms with Gasteiger partial charge in [-0.2, -0.15) is 0 Å². The summed E-state index contributed by atoms with van der Waals surface area (Å²) in [5.74, 6) is 0.604. The van der Waals surface area contributed by atoms with Crippen molar-refractivity contribution in [2.75, 3.05) is 11.9 Å². The second-order valence-corrected chi connectivity index (χ2v) is 5.81. The average molecular weight is 271 g/mol. The first-order chi connectivity index (χ1) is 9.40. The maximum absolute atomic E-state index is 12.3. The van der Waals surface area contributed by atoms with Crippen LogP contribution in [-0.4, -0.2) is 23.0 Å². The molecule has 0 saturated carbocycles. The van der Waals surface area contributed by atoms with Crippen LogP contribution in [0.1, 0.15) is 38.2 Å². The molecule has 1 amide bonds. The highest BCUT2D eigenvalue weighted by Crippen LogP contribution is 2.22. The van der Waals surface area contributed by atoms with E-state index in [0.717, 1.165) is 23.1 Å². The molecule has 0 spiro atoms. The minimum atomic E-state index is -0.275.